The van der Waals surface area contributed by atoms with Gasteiger partial charge in [-0.25, -0.2) is 0 Å². The Kier molecular flexibility index (Phi) is 4.79. The molecule has 0 radical (unpaired) electrons. The van der Waals surface area contributed by atoms with Crippen LogP contribution >= 0.6 is 0 Å². The molecule has 0 aromatic heterocycles. The highest BCUT2D eigenvalue weighted by Crippen LogP contribution is 2.21. The van der Waals surface area contributed by atoms with Crippen molar-refractivity contribution < 1.29 is 4.74 Å². The van der Waals surface area contributed by atoms with Crippen molar-refractivity contribution in [2.75, 3.05) is 13.7 Å². The molecule has 0 spiro atoms. The molecule has 2 N–H and O–H groups in total. The number of nitrogens with two attached hydrogens (primary N) is 1. The van der Waals surface area contributed by atoms with Crippen molar-refractivity contribution in [3.05, 3.63) is 34.9 Å². The zero-order valence-corrected chi connectivity index (χ0v) is 9.92. The van der Waals surface area contributed by atoms with Crippen LogP contribution in [0.15, 0.2) is 18.2 Å². The minimum atomic E-state index is 0.139. The van der Waals surface area contributed by atoms with Crippen LogP contribution in [-0.2, 0) is 4.74 Å². The summed E-state index contributed by atoms with van der Waals surface area (Å²) in [6.07, 6.45) is 2.00. The van der Waals surface area contributed by atoms with Crippen LogP contribution < -0.4 is 5.73 Å². The van der Waals surface area contributed by atoms with Crippen molar-refractivity contribution in [1.29, 1.82) is 0 Å². The van der Waals surface area contributed by atoms with Gasteiger partial charge in [0.1, 0.15) is 0 Å². The van der Waals surface area contributed by atoms with E-state index in [9.17, 15) is 0 Å². The van der Waals surface area contributed by atoms with Crippen molar-refractivity contribution in [1.82, 2.24) is 0 Å². The number of aryl methyl sites for hydroxylation is 1. The van der Waals surface area contributed by atoms with Crippen LogP contribution in [0.1, 0.15) is 35.6 Å². The summed E-state index contributed by atoms with van der Waals surface area (Å²) in [5.74, 6) is 0. The van der Waals surface area contributed by atoms with Gasteiger partial charge >= 0.3 is 0 Å². The fourth-order valence-electron chi connectivity index (χ4n) is 1.78. The molecule has 2 nitrogen and oxygen atoms in total. The van der Waals surface area contributed by atoms with E-state index in [1.165, 1.54) is 16.7 Å². The molecule has 1 aromatic rings. The second-order valence-corrected chi connectivity index (χ2v) is 4.03. The summed E-state index contributed by atoms with van der Waals surface area (Å²) in [7, 11) is 1.73. The van der Waals surface area contributed by atoms with Gasteiger partial charge in [0.2, 0.25) is 0 Å². The summed E-state index contributed by atoms with van der Waals surface area (Å²) >= 11 is 0. The second kappa shape index (κ2) is 5.89. The van der Waals surface area contributed by atoms with Crippen molar-refractivity contribution >= 4 is 0 Å². The summed E-state index contributed by atoms with van der Waals surface area (Å²) < 4.78 is 5.03. The number of hydrogen-bond acceptors (Lipinski definition) is 2. The molecular weight excluding hydrogens is 186 g/mol. The van der Waals surface area contributed by atoms with E-state index < -0.39 is 0 Å². The first kappa shape index (κ1) is 12.2. The van der Waals surface area contributed by atoms with Gasteiger partial charge in [0, 0.05) is 19.8 Å². The highest BCUT2D eigenvalue weighted by atomic mass is 16.5. The summed E-state index contributed by atoms with van der Waals surface area (Å²) in [6, 6.07) is 6.47. The molecule has 0 aliphatic carbocycles. The smallest absolute Gasteiger partial charge is 0.0462 e. The molecule has 0 heterocycles. The van der Waals surface area contributed by atoms with Crippen molar-refractivity contribution in [2.45, 2.75) is 32.7 Å². The van der Waals surface area contributed by atoms with Gasteiger partial charge in [-0.1, -0.05) is 18.2 Å². The van der Waals surface area contributed by atoms with Gasteiger partial charge < -0.3 is 10.5 Å². The van der Waals surface area contributed by atoms with Crippen LogP contribution in [0.3, 0.4) is 0 Å². The van der Waals surface area contributed by atoms with E-state index >= 15 is 0 Å². The average Bonchev–Trinajstić information content (AvgIpc) is 2.22. The number of hydrogen-bond donors (Lipinski definition) is 1. The Hall–Kier alpha value is -0.860. The lowest BCUT2D eigenvalue weighted by molar-refractivity contribution is 0.190. The lowest BCUT2D eigenvalue weighted by Gasteiger charge is -2.15. The van der Waals surface area contributed by atoms with Crippen LogP contribution in [0.2, 0.25) is 0 Å². The van der Waals surface area contributed by atoms with Gasteiger partial charge in [0.25, 0.3) is 0 Å². The summed E-state index contributed by atoms with van der Waals surface area (Å²) in [5, 5.41) is 0. The molecule has 1 aromatic carbocycles. The third-order valence-electron chi connectivity index (χ3n) is 2.91. The third kappa shape index (κ3) is 3.33. The molecule has 0 bridgehead atoms. The number of ether oxygens (including phenoxy) is 1. The minimum absolute atomic E-state index is 0.139. The quantitative estimate of drug-likeness (QED) is 0.753. The summed E-state index contributed by atoms with van der Waals surface area (Å²) in [5.41, 5.74) is 10.1. The molecule has 1 unspecified atom stereocenters. The molecule has 84 valence electrons. The first-order valence-electron chi connectivity index (χ1n) is 5.47. The van der Waals surface area contributed by atoms with E-state index in [0.717, 1.165) is 19.4 Å². The maximum absolute atomic E-state index is 6.15. The lowest BCUT2D eigenvalue weighted by Crippen LogP contribution is -2.13. The standard InChI is InChI=1S/C13H21NO/c1-10-6-4-7-12(11(10)2)13(14)8-5-9-15-3/h4,6-7,13H,5,8-9,14H2,1-3H3. The highest BCUT2D eigenvalue weighted by Gasteiger charge is 2.09. The molecule has 0 aliphatic rings. The zero-order valence-electron chi connectivity index (χ0n) is 9.92. The molecule has 0 aliphatic heterocycles. The Labute approximate surface area is 92.4 Å². The zero-order chi connectivity index (χ0) is 11.3. The molecule has 15 heavy (non-hydrogen) atoms. The Morgan fingerprint density at radius 2 is 2.07 bits per heavy atom. The second-order valence-electron chi connectivity index (χ2n) is 4.03. The first-order chi connectivity index (χ1) is 7.16. The maximum atomic E-state index is 6.15. The number of methoxy groups -OCH3 is 1. The minimum Gasteiger partial charge on any atom is -0.385 e. The van der Waals surface area contributed by atoms with Gasteiger partial charge in [-0.2, -0.15) is 0 Å². The van der Waals surface area contributed by atoms with E-state index in [0.29, 0.717) is 0 Å². The largest absolute Gasteiger partial charge is 0.385 e. The molecule has 0 saturated heterocycles. The van der Waals surface area contributed by atoms with Crippen LogP contribution in [0, 0.1) is 13.8 Å². The molecule has 2 heteroatoms. The molecular formula is C13H21NO. The lowest BCUT2D eigenvalue weighted by atomic mass is 9.95. The van der Waals surface area contributed by atoms with Crippen LogP contribution in [-0.4, -0.2) is 13.7 Å². The van der Waals surface area contributed by atoms with Crippen molar-refractivity contribution in [3.8, 4) is 0 Å². The van der Waals surface area contributed by atoms with E-state index in [2.05, 4.69) is 32.0 Å². The van der Waals surface area contributed by atoms with Gasteiger partial charge in [0.15, 0.2) is 0 Å². The summed E-state index contributed by atoms with van der Waals surface area (Å²) in [4.78, 5) is 0. The normalized spacial score (nSPS) is 12.8. The molecule has 1 rings (SSSR count). The van der Waals surface area contributed by atoms with Crippen molar-refractivity contribution in [3.63, 3.8) is 0 Å². The molecule has 0 fully saturated rings. The van der Waals surface area contributed by atoms with Crippen LogP contribution in [0.4, 0.5) is 0 Å². The van der Waals surface area contributed by atoms with Crippen molar-refractivity contribution in [2.24, 2.45) is 5.73 Å². The van der Waals surface area contributed by atoms with Gasteiger partial charge in [-0.3, -0.25) is 0 Å². The topological polar surface area (TPSA) is 35.2 Å². The molecule has 1 atom stereocenters. The Balaban J connectivity index is 2.65. The predicted molar refractivity (Wildman–Crippen MR) is 64.0 cm³/mol. The average molecular weight is 207 g/mol. The monoisotopic (exact) mass is 207 g/mol. The Morgan fingerprint density at radius 3 is 2.73 bits per heavy atom. The molecule has 0 saturated carbocycles. The van der Waals surface area contributed by atoms with E-state index in [4.69, 9.17) is 10.5 Å². The van der Waals surface area contributed by atoms with Crippen LogP contribution in [0.25, 0.3) is 0 Å². The fraction of sp³-hybridized carbons (Fsp3) is 0.538. The first-order valence-corrected chi connectivity index (χ1v) is 5.47. The van der Waals surface area contributed by atoms with Gasteiger partial charge in [0.05, 0.1) is 0 Å². The third-order valence-corrected chi connectivity index (χ3v) is 2.91. The van der Waals surface area contributed by atoms with E-state index in [-0.39, 0.29) is 6.04 Å². The van der Waals surface area contributed by atoms with E-state index in [1.807, 2.05) is 0 Å². The Bertz CT molecular complexity index is 309. The molecule has 0 amide bonds. The fourth-order valence-corrected chi connectivity index (χ4v) is 1.78. The SMILES string of the molecule is COCCCC(N)c1cccc(C)c1C. The number of benzene rings is 1. The predicted octanol–water partition coefficient (Wildman–Crippen LogP) is 2.73. The van der Waals surface area contributed by atoms with Gasteiger partial charge in [-0.05, 0) is 43.4 Å². The van der Waals surface area contributed by atoms with E-state index in [1.54, 1.807) is 7.11 Å². The highest BCUT2D eigenvalue weighted by molar-refractivity contribution is 5.35. The number of rotatable bonds is 5. The summed E-state index contributed by atoms with van der Waals surface area (Å²) in [6.45, 7) is 5.06. The van der Waals surface area contributed by atoms with Gasteiger partial charge in [-0.15, -0.1) is 0 Å². The maximum Gasteiger partial charge on any atom is 0.0462 e. The Morgan fingerprint density at radius 1 is 1.33 bits per heavy atom. The van der Waals surface area contributed by atoms with Crippen LogP contribution in [0.5, 0.6) is 0 Å².